The third-order valence-corrected chi connectivity index (χ3v) is 7.05. The van der Waals surface area contributed by atoms with Crippen LogP contribution in [0.15, 0.2) is 73.1 Å². The van der Waals surface area contributed by atoms with Gasteiger partial charge in [0.15, 0.2) is 17.5 Å². The maximum absolute atomic E-state index is 14.1. The number of urea groups is 1. The monoisotopic (exact) mass is 552 g/mol. The van der Waals surface area contributed by atoms with Gasteiger partial charge in [0.25, 0.3) is 0 Å². The third kappa shape index (κ3) is 5.93. The maximum Gasteiger partial charge on any atom is 0.320 e. The van der Waals surface area contributed by atoms with Crippen LogP contribution in [0.25, 0.3) is 16.9 Å². The van der Waals surface area contributed by atoms with Gasteiger partial charge in [-0.25, -0.2) is 18.3 Å². The van der Waals surface area contributed by atoms with Gasteiger partial charge in [-0.05, 0) is 42.0 Å². The molecular weight excluding hydrogens is 526 g/mol. The Kier molecular flexibility index (Phi) is 8.16. The van der Waals surface area contributed by atoms with Crippen molar-refractivity contribution in [2.24, 2.45) is 0 Å². The van der Waals surface area contributed by atoms with Crippen LogP contribution < -0.4 is 10.6 Å². The van der Waals surface area contributed by atoms with Gasteiger partial charge in [-0.15, -0.1) is 0 Å². The largest absolute Gasteiger partial charge is 0.383 e. The zero-order chi connectivity index (χ0) is 27.4. The highest BCUT2D eigenvalue weighted by Gasteiger charge is 2.35. The summed E-state index contributed by atoms with van der Waals surface area (Å²) in [6.07, 6.45) is 3.30. The highest BCUT2D eigenvalue weighted by Crippen LogP contribution is 2.35. The number of halogens is 3. The van der Waals surface area contributed by atoms with Crippen LogP contribution in [0.5, 0.6) is 0 Å². The van der Waals surface area contributed by atoms with E-state index in [1.807, 2.05) is 36.4 Å². The molecule has 0 unspecified atom stereocenters. The highest BCUT2D eigenvalue weighted by atomic mass is 35.5. The summed E-state index contributed by atoms with van der Waals surface area (Å²) in [7, 11) is 1.62. The number of carbonyl (C=O) groups excluding carboxylic acids is 1. The molecule has 202 valence electrons. The van der Waals surface area contributed by atoms with Gasteiger partial charge in [0, 0.05) is 50.6 Å². The predicted molar refractivity (Wildman–Crippen MR) is 145 cm³/mol. The van der Waals surface area contributed by atoms with Crippen molar-refractivity contribution in [1.82, 2.24) is 25.0 Å². The Labute approximate surface area is 229 Å². The molecule has 2 aromatic heterocycles. The minimum Gasteiger partial charge on any atom is -0.383 e. The van der Waals surface area contributed by atoms with Gasteiger partial charge in [0.1, 0.15) is 10.7 Å². The summed E-state index contributed by atoms with van der Waals surface area (Å²) in [6, 6.07) is 15.9. The van der Waals surface area contributed by atoms with E-state index >= 15 is 0 Å². The van der Waals surface area contributed by atoms with Crippen molar-refractivity contribution in [2.75, 3.05) is 38.7 Å². The second-order valence-corrected chi connectivity index (χ2v) is 9.62. The average Bonchev–Trinajstić information content (AvgIpc) is 3.50. The summed E-state index contributed by atoms with van der Waals surface area (Å²) in [6.45, 7) is 2.20. The summed E-state index contributed by atoms with van der Waals surface area (Å²) in [5.41, 5.74) is 2.47. The first-order chi connectivity index (χ1) is 18.9. The number of benzene rings is 2. The first-order valence-electron chi connectivity index (χ1n) is 12.4. The number of nitrogens with zero attached hydrogens (tertiary/aromatic N) is 4. The molecule has 1 fully saturated rings. The number of para-hydroxylation sites is 1. The smallest absolute Gasteiger partial charge is 0.320 e. The number of nitrogens with one attached hydrogen (secondary N) is 2. The van der Waals surface area contributed by atoms with Gasteiger partial charge in [0.05, 0.1) is 18.3 Å². The second-order valence-electron chi connectivity index (χ2n) is 9.24. The van der Waals surface area contributed by atoms with Crippen molar-refractivity contribution in [3.63, 3.8) is 0 Å². The first-order valence-corrected chi connectivity index (χ1v) is 12.8. The highest BCUT2D eigenvalue weighted by molar-refractivity contribution is 6.36. The molecule has 0 radical (unpaired) electrons. The van der Waals surface area contributed by atoms with E-state index in [1.165, 1.54) is 6.07 Å². The van der Waals surface area contributed by atoms with E-state index in [0.717, 1.165) is 6.07 Å². The molecule has 4 aromatic rings. The Bertz CT molecular complexity index is 1440. The number of methoxy groups -OCH3 is 1. The van der Waals surface area contributed by atoms with Crippen molar-refractivity contribution in [2.45, 2.75) is 12.0 Å². The Hall–Kier alpha value is -3.86. The molecule has 2 N–H and O–H groups in total. The molecule has 3 heterocycles. The number of aromatic nitrogens is 3. The SMILES string of the molecule is COCCN1C[C@@H](NC(=O)Nc2c(Cl)c(-c3cccnc3)nn2-c2ccccc2)[C@H](c2ccc(F)c(F)c2)C1. The van der Waals surface area contributed by atoms with E-state index in [1.54, 1.807) is 36.3 Å². The lowest BCUT2D eigenvalue weighted by molar-refractivity contribution is 0.159. The van der Waals surface area contributed by atoms with Crippen LogP contribution in [-0.2, 0) is 4.74 Å². The molecule has 2 amide bonds. The van der Waals surface area contributed by atoms with Crippen LogP contribution >= 0.6 is 11.6 Å². The molecule has 2 atom stereocenters. The molecule has 0 aliphatic carbocycles. The lowest BCUT2D eigenvalue weighted by Crippen LogP contribution is -2.42. The molecule has 2 aromatic carbocycles. The van der Waals surface area contributed by atoms with E-state index in [9.17, 15) is 13.6 Å². The lowest BCUT2D eigenvalue weighted by atomic mass is 9.94. The van der Waals surface area contributed by atoms with Crippen molar-refractivity contribution in [3.05, 3.63) is 95.3 Å². The van der Waals surface area contributed by atoms with Gasteiger partial charge >= 0.3 is 6.03 Å². The standard InChI is InChI=1S/C28H27ClF2N6O2/c1-39-13-12-36-16-21(18-9-10-22(30)23(31)14-18)24(17-36)33-28(38)34-27-25(29)26(19-6-5-11-32-15-19)35-37(27)20-7-3-2-4-8-20/h2-11,14-15,21,24H,12-13,16-17H2,1H3,(H2,33,34,38)/t21-,24+/m0/s1. The van der Waals surface area contributed by atoms with E-state index in [-0.39, 0.29) is 22.8 Å². The van der Waals surface area contributed by atoms with Crippen LogP contribution in [-0.4, -0.2) is 65.1 Å². The molecule has 1 saturated heterocycles. The maximum atomic E-state index is 14.1. The van der Waals surface area contributed by atoms with Crippen molar-refractivity contribution < 1.29 is 18.3 Å². The number of amides is 2. The molecule has 8 nitrogen and oxygen atoms in total. The van der Waals surface area contributed by atoms with Gasteiger partial charge in [-0.3, -0.25) is 15.2 Å². The third-order valence-electron chi connectivity index (χ3n) is 6.69. The number of ether oxygens (including phenoxy) is 1. The lowest BCUT2D eigenvalue weighted by Gasteiger charge is -2.21. The number of hydrogen-bond donors (Lipinski definition) is 2. The number of pyridine rings is 1. The van der Waals surface area contributed by atoms with Crippen LogP contribution in [0, 0.1) is 11.6 Å². The second kappa shape index (κ2) is 11.9. The van der Waals surface area contributed by atoms with E-state index in [0.29, 0.717) is 48.7 Å². The molecule has 39 heavy (non-hydrogen) atoms. The molecule has 0 spiro atoms. The van der Waals surface area contributed by atoms with Gasteiger partial charge in [-0.2, -0.15) is 5.10 Å². The normalized spacial score (nSPS) is 17.3. The quantitative estimate of drug-likeness (QED) is 0.318. The average molecular weight is 553 g/mol. The van der Waals surface area contributed by atoms with Crippen LogP contribution in [0.3, 0.4) is 0 Å². The molecule has 1 aliphatic rings. The molecule has 1 aliphatic heterocycles. The first kappa shape index (κ1) is 26.7. The number of rotatable bonds is 8. The number of anilines is 1. The van der Waals surface area contributed by atoms with Gasteiger partial charge < -0.3 is 10.1 Å². The minimum absolute atomic E-state index is 0.257. The van der Waals surface area contributed by atoms with Crippen LogP contribution in [0.4, 0.5) is 19.4 Å². The Morgan fingerprint density at radius 2 is 1.92 bits per heavy atom. The molecule has 0 saturated carbocycles. The van der Waals surface area contributed by atoms with Crippen LogP contribution in [0.2, 0.25) is 5.02 Å². The van der Waals surface area contributed by atoms with Gasteiger partial charge in [0.2, 0.25) is 0 Å². The zero-order valence-corrected chi connectivity index (χ0v) is 21.9. The van der Waals surface area contributed by atoms with E-state index in [2.05, 4.69) is 25.6 Å². The molecule has 5 rings (SSSR count). The van der Waals surface area contributed by atoms with Gasteiger partial charge in [-0.1, -0.05) is 35.9 Å². The Morgan fingerprint density at radius 3 is 2.64 bits per heavy atom. The number of hydrogen-bond acceptors (Lipinski definition) is 5. The predicted octanol–water partition coefficient (Wildman–Crippen LogP) is 5.10. The Morgan fingerprint density at radius 1 is 1.10 bits per heavy atom. The van der Waals surface area contributed by atoms with Crippen molar-refractivity contribution >= 4 is 23.4 Å². The fourth-order valence-electron chi connectivity index (χ4n) is 4.78. The number of carbonyl (C=O) groups is 1. The van der Waals surface area contributed by atoms with E-state index < -0.39 is 17.7 Å². The topological polar surface area (TPSA) is 84.3 Å². The van der Waals surface area contributed by atoms with Crippen molar-refractivity contribution in [1.29, 1.82) is 0 Å². The molecular formula is C28H27ClF2N6O2. The number of likely N-dealkylation sites (tertiary alicyclic amines) is 1. The fourth-order valence-corrected chi connectivity index (χ4v) is 5.05. The summed E-state index contributed by atoms with van der Waals surface area (Å²) in [5, 5.41) is 10.8. The fraction of sp³-hybridized carbons (Fsp3) is 0.250. The minimum atomic E-state index is -0.924. The molecule has 0 bridgehead atoms. The summed E-state index contributed by atoms with van der Waals surface area (Å²) >= 11 is 6.76. The van der Waals surface area contributed by atoms with Crippen LogP contribution in [0.1, 0.15) is 11.5 Å². The van der Waals surface area contributed by atoms with Crippen molar-refractivity contribution in [3.8, 4) is 16.9 Å². The zero-order valence-electron chi connectivity index (χ0n) is 21.2. The van der Waals surface area contributed by atoms with E-state index in [4.69, 9.17) is 16.3 Å². The molecule has 11 heteroatoms. The Balaban J connectivity index is 1.42. The summed E-state index contributed by atoms with van der Waals surface area (Å²) in [5.74, 6) is -1.81. The summed E-state index contributed by atoms with van der Waals surface area (Å²) < 4.78 is 34.4. The summed E-state index contributed by atoms with van der Waals surface area (Å²) in [4.78, 5) is 19.6.